The van der Waals surface area contributed by atoms with Gasteiger partial charge in [0.25, 0.3) is 5.91 Å². The van der Waals surface area contributed by atoms with Crippen LogP contribution in [0.5, 0.6) is 0 Å². The van der Waals surface area contributed by atoms with E-state index in [1.54, 1.807) is 0 Å². The molecule has 16 heavy (non-hydrogen) atoms. The zero-order valence-electron chi connectivity index (χ0n) is 9.91. The van der Waals surface area contributed by atoms with Crippen LogP contribution in [0, 0.1) is 13.8 Å². The Labute approximate surface area is 99.7 Å². The fraction of sp³-hybridized carbons (Fsp3) is 0.636. The van der Waals surface area contributed by atoms with Crippen molar-refractivity contribution in [1.29, 1.82) is 0 Å². The molecule has 1 aromatic rings. The fourth-order valence-corrected chi connectivity index (χ4v) is 2.88. The van der Waals surface area contributed by atoms with E-state index in [2.05, 4.69) is 17.2 Å². The van der Waals surface area contributed by atoms with E-state index >= 15 is 0 Å². The van der Waals surface area contributed by atoms with Crippen molar-refractivity contribution >= 4 is 17.2 Å². The highest BCUT2D eigenvalue weighted by molar-refractivity contribution is 7.13. The molecule has 0 aromatic carbocycles. The summed E-state index contributed by atoms with van der Waals surface area (Å²) >= 11 is 1.49. The molecule has 0 bridgehead atoms. The summed E-state index contributed by atoms with van der Waals surface area (Å²) < 4.78 is 0. The molecule has 1 amide bonds. The third-order valence-corrected chi connectivity index (χ3v) is 3.81. The number of aryl methyl sites for hydroxylation is 2. The van der Waals surface area contributed by atoms with Gasteiger partial charge in [0.05, 0.1) is 10.7 Å². The molecule has 0 spiro atoms. The van der Waals surface area contributed by atoms with E-state index in [1.165, 1.54) is 11.3 Å². The molecule has 2 rings (SSSR count). The van der Waals surface area contributed by atoms with Gasteiger partial charge in [0.1, 0.15) is 4.88 Å². The second kappa shape index (κ2) is 4.51. The lowest BCUT2D eigenvalue weighted by Crippen LogP contribution is -2.51. The molecular weight excluding hydrogens is 222 g/mol. The van der Waals surface area contributed by atoms with Gasteiger partial charge in [-0.3, -0.25) is 4.79 Å². The maximum Gasteiger partial charge on any atom is 0.265 e. The Balaban J connectivity index is 2.15. The van der Waals surface area contributed by atoms with Gasteiger partial charge in [0, 0.05) is 25.7 Å². The molecule has 4 nitrogen and oxygen atoms in total. The summed E-state index contributed by atoms with van der Waals surface area (Å²) in [5.41, 5.74) is 0.860. The van der Waals surface area contributed by atoms with E-state index in [4.69, 9.17) is 0 Å². The van der Waals surface area contributed by atoms with Gasteiger partial charge in [-0.25, -0.2) is 4.98 Å². The van der Waals surface area contributed by atoms with Crippen molar-refractivity contribution in [3.05, 3.63) is 15.6 Å². The predicted octanol–water partition coefficient (Wildman–Crippen LogP) is 1.19. The maximum atomic E-state index is 12.2. The Bertz CT molecular complexity index is 402. The average molecular weight is 239 g/mol. The minimum atomic E-state index is 0.136. The van der Waals surface area contributed by atoms with Gasteiger partial charge in [0.15, 0.2) is 0 Å². The van der Waals surface area contributed by atoms with Gasteiger partial charge in [-0.15, -0.1) is 11.3 Å². The van der Waals surface area contributed by atoms with Crippen LogP contribution in [-0.4, -0.2) is 41.5 Å². The minimum absolute atomic E-state index is 0.136. The Morgan fingerprint density at radius 3 is 2.88 bits per heavy atom. The van der Waals surface area contributed by atoms with Crippen LogP contribution in [-0.2, 0) is 0 Å². The number of carbonyl (C=O) groups excluding carboxylic acids is 1. The second-order valence-electron chi connectivity index (χ2n) is 4.25. The minimum Gasteiger partial charge on any atom is -0.335 e. The third-order valence-electron chi connectivity index (χ3n) is 2.75. The van der Waals surface area contributed by atoms with Crippen LogP contribution in [0.4, 0.5) is 0 Å². The van der Waals surface area contributed by atoms with E-state index in [1.807, 2.05) is 18.7 Å². The van der Waals surface area contributed by atoms with Crippen LogP contribution in [0.2, 0.25) is 0 Å². The number of thiazole rings is 1. The molecule has 1 aliphatic heterocycles. The highest BCUT2D eigenvalue weighted by atomic mass is 32.1. The summed E-state index contributed by atoms with van der Waals surface area (Å²) in [6, 6.07) is 0.382. The number of hydrogen-bond donors (Lipinski definition) is 1. The Morgan fingerprint density at radius 1 is 1.56 bits per heavy atom. The highest BCUT2D eigenvalue weighted by Crippen LogP contribution is 2.19. The van der Waals surface area contributed by atoms with Crippen molar-refractivity contribution < 1.29 is 4.79 Å². The first-order valence-corrected chi connectivity index (χ1v) is 6.36. The summed E-state index contributed by atoms with van der Waals surface area (Å²) in [5.74, 6) is 0.136. The van der Waals surface area contributed by atoms with Crippen molar-refractivity contribution in [3.8, 4) is 0 Å². The lowest BCUT2D eigenvalue weighted by molar-refractivity contribution is 0.0713. The molecule has 5 heteroatoms. The highest BCUT2D eigenvalue weighted by Gasteiger charge is 2.24. The summed E-state index contributed by atoms with van der Waals surface area (Å²) in [4.78, 5) is 19.3. The molecule has 0 saturated carbocycles. The summed E-state index contributed by atoms with van der Waals surface area (Å²) in [7, 11) is 0. The summed E-state index contributed by atoms with van der Waals surface area (Å²) in [5, 5.41) is 4.29. The number of aromatic nitrogens is 1. The molecule has 1 fully saturated rings. The number of carbonyl (C=O) groups is 1. The van der Waals surface area contributed by atoms with Gasteiger partial charge in [-0.05, 0) is 20.8 Å². The van der Waals surface area contributed by atoms with Crippen LogP contribution in [0.25, 0.3) is 0 Å². The molecule has 1 aliphatic rings. The smallest absolute Gasteiger partial charge is 0.265 e. The molecule has 1 atom stereocenters. The number of rotatable bonds is 1. The zero-order chi connectivity index (χ0) is 11.7. The molecular formula is C11H17N3OS. The molecule has 0 radical (unpaired) electrons. The first kappa shape index (κ1) is 11.5. The van der Waals surface area contributed by atoms with E-state index in [0.717, 1.165) is 35.2 Å². The van der Waals surface area contributed by atoms with E-state index in [9.17, 15) is 4.79 Å². The van der Waals surface area contributed by atoms with E-state index < -0.39 is 0 Å². The Kier molecular flexibility index (Phi) is 3.25. The van der Waals surface area contributed by atoms with Gasteiger partial charge >= 0.3 is 0 Å². The fourth-order valence-electron chi connectivity index (χ4n) is 1.99. The maximum absolute atomic E-state index is 12.2. The number of nitrogens with zero attached hydrogens (tertiary/aromatic N) is 2. The number of amides is 1. The van der Waals surface area contributed by atoms with Crippen molar-refractivity contribution in [2.24, 2.45) is 0 Å². The summed E-state index contributed by atoms with van der Waals surface area (Å²) in [6.45, 7) is 8.40. The Morgan fingerprint density at radius 2 is 2.31 bits per heavy atom. The van der Waals surface area contributed by atoms with Crippen molar-refractivity contribution in [2.75, 3.05) is 19.6 Å². The van der Waals surface area contributed by atoms with Crippen LogP contribution in [0.15, 0.2) is 0 Å². The summed E-state index contributed by atoms with van der Waals surface area (Å²) in [6.07, 6.45) is 0. The van der Waals surface area contributed by atoms with Crippen LogP contribution < -0.4 is 5.32 Å². The lowest BCUT2D eigenvalue weighted by Gasteiger charge is -2.31. The van der Waals surface area contributed by atoms with Crippen LogP contribution in [0.1, 0.15) is 27.3 Å². The largest absolute Gasteiger partial charge is 0.335 e. The number of nitrogens with one attached hydrogen (secondary N) is 1. The normalized spacial score (nSPS) is 21.2. The zero-order valence-corrected chi connectivity index (χ0v) is 10.7. The SMILES string of the molecule is Cc1nc(C)c(C(=O)N2CCN[C@@H](C)C2)s1. The first-order chi connectivity index (χ1) is 7.58. The monoisotopic (exact) mass is 239 g/mol. The van der Waals surface area contributed by atoms with Gasteiger partial charge in [-0.2, -0.15) is 0 Å². The quantitative estimate of drug-likeness (QED) is 0.801. The van der Waals surface area contributed by atoms with Gasteiger partial charge in [-0.1, -0.05) is 0 Å². The third kappa shape index (κ3) is 2.25. The van der Waals surface area contributed by atoms with E-state index in [0.29, 0.717) is 6.04 Å². The standard InChI is InChI=1S/C11H17N3OS/c1-7-6-14(5-4-12-7)11(15)10-8(2)13-9(3)16-10/h7,12H,4-6H2,1-3H3/t7-/m0/s1. The van der Waals surface area contributed by atoms with Gasteiger partial charge in [0.2, 0.25) is 0 Å². The molecule has 0 unspecified atom stereocenters. The molecule has 1 saturated heterocycles. The average Bonchev–Trinajstić information content (AvgIpc) is 2.57. The topological polar surface area (TPSA) is 45.2 Å². The van der Waals surface area contributed by atoms with Gasteiger partial charge < -0.3 is 10.2 Å². The van der Waals surface area contributed by atoms with Crippen LogP contribution >= 0.6 is 11.3 Å². The predicted molar refractivity (Wildman–Crippen MR) is 65.0 cm³/mol. The van der Waals surface area contributed by atoms with E-state index in [-0.39, 0.29) is 5.91 Å². The Hall–Kier alpha value is -0.940. The number of piperazine rings is 1. The first-order valence-electron chi connectivity index (χ1n) is 5.54. The van der Waals surface area contributed by atoms with Crippen LogP contribution in [0.3, 0.4) is 0 Å². The van der Waals surface area contributed by atoms with Crippen molar-refractivity contribution in [3.63, 3.8) is 0 Å². The molecule has 88 valence electrons. The van der Waals surface area contributed by atoms with Crippen molar-refractivity contribution in [1.82, 2.24) is 15.2 Å². The molecule has 1 aromatic heterocycles. The number of hydrogen-bond acceptors (Lipinski definition) is 4. The molecule has 0 aliphatic carbocycles. The van der Waals surface area contributed by atoms with Crippen molar-refractivity contribution in [2.45, 2.75) is 26.8 Å². The second-order valence-corrected chi connectivity index (χ2v) is 5.46. The molecule has 2 heterocycles. The molecule has 1 N–H and O–H groups in total. The lowest BCUT2D eigenvalue weighted by atomic mass is 10.2.